The smallest absolute Gasteiger partial charge is 0.0159 e. The lowest BCUT2D eigenvalue weighted by Gasteiger charge is -2.21. The third kappa shape index (κ3) is 3.11. The molecule has 1 aliphatic rings. The van der Waals surface area contributed by atoms with E-state index in [9.17, 15) is 0 Å². The number of hydrogen-bond donors (Lipinski definition) is 0. The van der Waals surface area contributed by atoms with Crippen LogP contribution in [-0.2, 0) is 5.41 Å². The molecule has 0 aromatic heterocycles. The van der Waals surface area contributed by atoms with E-state index in [1.54, 1.807) is 0 Å². The first-order chi connectivity index (χ1) is 14.1. The van der Waals surface area contributed by atoms with Crippen LogP contribution in [0.3, 0.4) is 0 Å². The Labute approximate surface area is 173 Å². The van der Waals surface area contributed by atoms with E-state index in [0.29, 0.717) is 0 Å². The Balaban J connectivity index is 1.42. The first-order valence-corrected chi connectivity index (χ1v) is 10.2. The highest BCUT2D eigenvalue weighted by Crippen LogP contribution is 2.48. The summed E-state index contributed by atoms with van der Waals surface area (Å²) in [5.41, 5.74) is 10.6. The Bertz CT molecular complexity index is 1190. The van der Waals surface area contributed by atoms with E-state index in [2.05, 4.69) is 123 Å². The fraction of sp³-hybridized carbons (Fsp3) is 0.103. The van der Waals surface area contributed by atoms with Crippen LogP contribution in [0.5, 0.6) is 0 Å². The monoisotopic (exact) mass is 372 g/mol. The molecule has 1 aliphatic carbocycles. The predicted octanol–water partition coefficient (Wildman–Crippen LogP) is 7.83. The van der Waals surface area contributed by atoms with E-state index in [1.807, 2.05) is 0 Å². The highest BCUT2D eigenvalue weighted by atomic mass is 14.4. The molecule has 0 nitrogen and oxygen atoms in total. The number of rotatable bonds is 3. The molecule has 0 amide bonds. The van der Waals surface area contributed by atoms with Gasteiger partial charge in [0.05, 0.1) is 0 Å². The van der Waals surface area contributed by atoms with Crippen molar-refractivity contribution in [3.8, 4) is 22.3 Å². The molecule has 0 spiro atoms. The number of hydrogen-bond acceptors (Lipinski definition) is 0. The minimum absolute atomic E-state index is 0.0487. The summed E-state index contributed by atoms with van der Waals surface area (Å²) in [6.07, 6.45) is 4.42. The van der Waals surface area contributed by atoms with Gasteiger partial charge in [0.2, 0.25) is 0 Å². The summed E-state index contributed by atoms with van der Waals surface area (Å²) in [4.78, 5) is 0. The van der Waals surface area contributed by atoms with E-state index >= 15 is 0 Å². The van der Waals surface area contributed by atoms with Gasteiger partial charge in [0.1, 0.15) is 0 Å². The topological polar surface area (TPSA) is 0 Å². The average Bonchev–Trinajstić information content (AvgIpc) is 3.00. The first kappa shape index (κ1) is 17.7. The lowest BCUT2D eigenvalue weighted by Crippen LogP contribution is -2.14. The average molecular weight is 373 g/mol. The van der Waals surface area contributed by atoms with Crippen LogP contribution in [0, 0.1) is 0 Å². The molecule has 0 bridgehead atoms. The number of benzene rings is 4. The van der Waals surface area contributed by atoms with Gasteiger partial charge in [-0.15, -0.1) is 0 Å². The summed E-state index contributed by atoms with van der Waals surface area (Å²) in [7, 11) is 0. The van der Waals surface area contributed by atoms with Crippen LogP contribution in [0.4, 0.5) is 0 Å². The Kier molecular flexibility index (Phi) is 4.21. The quantitative estimate of drug-likeness (QED) is 0.321. The van der Waals surface area contributed by atoms with Crippen molar-refractivity contribution in [2.24, 2.45) is 0 Å². The van der Waals surface area contributed by atoms with Gasteiger partial charge in [-0.1, -0.05) is 123 Å². The largest absolute Gasteiger partial charge is 0.0622 e. The van der Waals surface area contributed by atoms with Gasteiger partial charge in [-0.2, -0.15) is 0 Å². The maximum absolute atomic E-state index is 2.35. The van der Waals surface area contributed by atoms with Crippen LogP contribution in [0.15, 0.2) is 97.1 Å². The summed E-state index contributed by atoms with van der Waals surface area (Å²) in [5.74, 6) is 0. The summed E-state index contributed by atoms with van der Waals surface area (Å²) in [5, 5.41) is 0. The van der Waals surface area contributed by atoms with E-state index < -0.39 is 0 Å². The molecule has 0 saturated carbocycles. The van der Waals surface area contributed by atoms with Gasteiger partial charge >= 0.3 is 0 Å². The molecule has 0 saturated heterocycles. The van der Waals surface area contributed by atoms with Crippen LogP contribution in [0.2, 0.25) is 0 Å². The Morgan fingerprint density at radius 2 is 1.10 bits per heavy atom. The van der Waals surface area contributed by atoms with Gasteiger partial charge < -0.3 is 0 Å². The fourth-order valence-electron chi connectivity index (χ4n) is 4.44. The van der Waals surface area contributed by atoms with Crippen molar-refractivity contribution in [1.29, 1.82) is 0 Å². The summed E-state index contributed by atoms with van der Waals surface area (Å²) < 4.78 is 0. The van der Waals surface area contributed by atoms with Crippen molar-refractivity contribution in [2.75, 3.05) is 0 Å². The molecule has 0 aliphatic heterocycles. The van der Waals surface area contributed by atoms with Gasteiger partial charge in [-0.25, -0.2) is 0 Å². The second kappa shape index (κ2) is 6.90. The molecule has 0 unspecified atom stereocenters. The maximum Gasteiger partial charge on any atom is 0.0159 e. The molecule has 29 heavy (non-hydrogen) atoms. The van der Waals surface area contributed by atoms with Crippen LogP contribution in [-0.4, -0.2) is 0 Å². The third-order valence-corrected chi connectivity index (χ3v) is 6.09. The van der Waals surface area contributed by atoms with E-state index in [4.69, 9.17) is 0 Å². The van der Waals surface area contributed by atoms with Crippen molar-refractivity contribution in [1.82, 2.24) is 0 Å². The fourth-order valence-corrected chi connectivity index (χ4v) is 4.44. The van der Waals surface area contributed by atoms with Crippen LogP contribution in [0.25, 0.3) is 34.4 Å². The lowest BCUT2D eigenvalue weighted by atomic mass is 9.82. The van der Waals surface area contributed by atoms with Crippen LogP contribution < -0.4 is 0 Å². The first-order valence-electron chi connectivity index (χ1n) is 10.2. The SMILES string of the molecule is CC1(C)c2ccccc2-c2ccc(/C=C\c3ccc(-c4ccccc4)cc3)cc21. The molecule has 4 aromatic carbocycles. The van der Waals surface area contributed by atoms with Crippen molar-refractivity contribution in [2.45, 2.75) is 19.3 Å². The molecule has 5 rings (SSSR count). The van der Waals surface area contributed by atoms with Gasteiger partial charge in [-0.3, -0.25) is 0 Å². The highest BCUT2D eigenvalue weighted by Gasteiger charge is 2.34. The molecule has 4 aromatic rings. The Morgan fingerprint density at radius 3 is 1.90 bits per heavy atom. The molecule has 0 heteroatoms. The molecular weight excluding hydrogens is 348 g/mol. The second-order valence-electron chi connectivity index (χ2n) is 8.30. The van der Waals surface area contributed by atoms with Crippen molar-refractivity contribution < 1.29 is 0 Å². The molecule has 0 atom stereocenters. The summed E-state index contributed by atoms with van der Waals surface area (Å²) >= 11 is 0. The van der Waals surface area contributed by atoms with E-state index in [-0.39, 0.29) is 5.41 Å². The summed E-state index contributed by atoms with van der Waals surface area (Å²) in [6, 6.07) is 34.9. The Hall–Kier alpha value is -3.38. The van der Waals surface area contributed by atoms with Gasteiger partial charge in [-0.05, 0) is 44.5 Å². The van der Waals surface area contributed by atoms with Crippen molar-refractivity contribution in [3.63, 3.8) is 0 Å². The normalized spacial score (nSPS) is 14.0. The zero-order valence-corrected chi connectivity index (χ0v) is 16.9. The van der Waals surface area contributed by atoms with Gasteiger partial charge in [0.15, 0.2) is 0 Å². The standard InChI is InChI=1S/C29H24/c1-29(2)27-11-7-6-10-25(27)26-19-16-22(20-28(26)29)13-12-21-14-17-24(18-15-21)23-8-4-3-5-9-23/h3-20H,1-2H3/b13-12-. The zero-order chi connectivity index (χ0) is 19.8. The van der Waals surface area contributed by atoms with Crippen molar-refractivity contribution in [3.05, 3.63) is 119 Å². The minimum Gasteiger partial charge on any atom is -0.0622 e. The van der Waals surface area contributed by atoms with Crippen LogP contribution >= 0.6 is 0 Å². The molecule has 0 N–H and O–H groups in total. The highest BCUT2D eigenvalue weighted by molar-refractivity contribution is 5.83. The maximum atomic E-state index is 2.35. The van der Waals surface area contributed by atoms with Gasteiger partial charge in [0, 0.05) is 5.41 Å². The third-order valence-electron chi connectivity index (χ3n) is 6.09. The number of fused-ring (bicyclic) bond motifs is 3. The van der Waals surface area contributed by atoms with Crippen LogP contribution in [0.1, 0.15) is 36.1 Å². The summed E-state index contributed by atoms with van der Waals surface area (Å²) in [6.45, 7) is 4.65. The van der Waals surface area contributed by atoms with E-state index in [1.165, 1.54) is 44.5 Å². The molecule has 0 radical (unpaired) electrons. The Morgan fingerprint density at radius 1 is 0.517 bits per heavy atom. The predicted molar refractivity (Wildman–Crippen MR) is 125 cm³/mol. The van der Waals surface area contributed by atoms with Gasteiger partial charge in [0.25, 0.3) is 0 Å². The van der Waals surface area contributed by atoms with E-state index in [0.717, 1.165) is 0 Å². The molecule has 0 heterocycles. The zero-order valence-electron chi connectivity index (χ0n) is 16.9. The molecule has 140 valence electrons. The minimum atomic E-state index is 0.0487. The van der Waals surface area contributed by atoms with Crippen molar-refractivity contribution >= 4 is 12.2 Å². The second-order valence-corrected chi connectivity index (χ2v) is 8.30. The molecule has 0 fully saturated rings. The molecular formula is C29H24. The lowest BCUT2D eigenvalue weighted by molar-refractivity contribution is 0.660.